The van der Waals surface area contributed by atoms with Gasteiger partial charge in [0.05, 0.1) is 5.69 Å². The second-order valence-electron chi connectivity index (χ2n) is 6.76. The fourth-order valence-electron chi connectivity index (χ4n) is 4.11. The number of piperidine rings is 1. The van der Waals surface area contributed by atoms with Gasteiger partial charge in [-0.2, -0.15) is 0 Å². The largest absolute Gasteiger partial charge is 0.309 e. The Morgan fingerprint density at radius 1 is 1.00 bits per heavy atom. The third-order valence-electron chi connectivity index (χ3n) is 5.30. The van der Waals surface area contributed by atoms with E-state index in [-0.39, 0.29) is 0 Å². The molecule has 0 atom stereocenters. The average Bonchev–Trinajstić information content (AvgIpc) is 2.58. The van der Waals surface area contributed by atoms with Gasteiger partial charge in [0.15, 0.2) is 0 Å². The van der Waals surface area contributed by atoms with Gasteiger partial charge in [0, 0.05) is 24.8 Å². The first kappa shape index (κ1) is 15.0. The van der Waals surface area contributed by atoms with Crippen molar-refractivity contribution in [1.82, 2.24) is 15.2 Å². The first-order chi connectivity index (χ1) is 10.4. The summed E-state index contributed by atoms with van der Waals surface area (Å²) in [7, 11) is 0. The zero-order valence-electron chi connectivity index (χ0n) is 13.2. The summed E-state index contributed by atoms with van der Waals surface area (Å²) in [4.78, 5) is 7.23. The summed E-state index contributed by atoms with van der Waals surface area (Å²) in [6.07, 6.45) is 13.1. The summed E-state index contributed by atoms with van der Waals surface area (Å²) < 4.78 is 0. The van der Waals surface area contributed by atoms with Crippen molar-refractivity contribution in [2.75, 3.05) is 19.6 Å². The third kappa shape index (κ3) is 3.83. The molecule has 1 saturated heterocycles. The Kier molecular flexibility index (Phi) is 5.26. The van der Waals surface area contributed by atoms with Crippen molar-refractivity contribution in [3.63, 3.8) is 0 Å². The fourth-order valence-corrected chi connectivity index (χ4v) is 4.11. The Morgan fingerprint density at radius 2 is 1.76 bits per heavy atom. The van der Waals surface area contributed by atoms with Crippen LogP contribution in [0.15, 0.2) is 24.4 Å². The minimum absolute atomic E-state index is 0.424. The van der Waals surface area contributed by atoms with Gasteiger partial charge in [-0.1, -0.05) is 31.7 Å². The van der Waals surface area contributed by atoms with E-state index in [1.165, 1.54) is 64.5 Å². The van der Waals surface area contributed by atoms with Crippen LogP contribution in [0.4, 0.5) is 0 Å². The van der Waals surface area contributed by atoms with E-state index in [1.807, 2.05) is 12.3 Å². The molecule has 3 heteroatoms. The van der Waals surface area contributed by atoms with Gasteiger partial charge in [-0.25, -0.2) is 0 Å². The van der Waals surface area contributed by atoms with Crippen LogP contribution in [0.3, 0.4) is 0 Å². The monoisotopic (exact) mass is 287 g/mol. The lowest BCUT2D eigenvalue weighted by molar-refractivity contribution is 0.0332. The molecule has 1 aromatic rings. The topological polar surface area (TPSA) is 28.2 Å². The molecule has 0 spiro atoms. The molecule has 3 rings (SSSR count). The summed E-state index contributed by atoms with van der Waals surface area (Å²) >= 11 is 0. The lowest BCUT2D eigenvalue weighted by Gasteiger charge is -2.48. The predicted octanol–water partition coefficient (Wildman–Crippen LogP) is 3.36. The molecule has 0 aromatic carbocycles. The molecular weight excluding hydrogens is 258 g/mol. The fraction of sp³-hybridized carbons (Fsp3) is 0.722. The van der Waals surface area contributed by atoms with Crippen LogP contribution in [0, 0.1) is 0 Å². The van der Waals surface area contributed by atoms with Crippen molar-refractivity contribution in [3.8, 4) is 0 Å². The highest BCUT2D eigenvalue weighted by molar-refractivity contribution is 5.04. The minimum atomic E-state index is 0.424. The van der Waals surface area contributed by atoms with E-state index >= 15 is 0 Å². The van der Waals surface area contributed by atoms with Crippen molar-refractivity contribution in [1.29, 1.82) is 0 Å². The highest BCUT2D eigenvalue weighted by Crippen LogP contribution is 2.35. The molecule has 1 N–H and O–H groups in total. The molecule has 21 heavy (non-hydrogen) atoms. The zero-order valence-corrected chi connectivity index (χ0v) is 13.2. The molecule has 2 heterocycles. The number of aromatic nitrogens is 1. The Labute approximate surface area is 129 Å². The van der Waals surface area contributed by atoms with Gasteiger partial charge >= 0.3 is 0 Å². The van der Waals surface area contributed by atoms with E-state index in [0.29, 0.717) is 5.54 Å². The molecular formula is C18H29N3. The van der Waals surface area contributed by atoms with Gasteiger partial charge < -0.3 is 5.32 Å². The number of nitrogens with one attached hydrogen (secondary N) is 1. The highest BCUT2D eigenvalue weighted by Gasteiger charge is 2.37. The molecule has 0 bridgehead atoms. The number of hydrogen-bond acceptors (Lipinski definition) is 3. The van der Waals surface area contributed by atoms with Gasteiger partial charge in [-0.05, 0) is 50.9 Å². The first-order valence-corrected chi connectivity index (χ1v) is 8.75. The second kappa shape index (κ2) is 7.37. The van der Waals surface area contributed by atoms with Crippen LogP contribution in [0.5, 0.6) is 0 Å². The summed E-state index contributed by atoms with van der Waals surface area (Å²) in [5.74, 6) is 0. The lowest BCUT2D eigenvalue weighted by Crippen LogP contribution is -2.57. The van der Waals surface area contributed by atoms with Crippen molar-refractivity contribution in [2.45, 2.75) is 63.5 Å². The van der Waals surface area contributed by atoms with Crippen molar-refractivity contribution < 1.29 is 0 Å². The van der Waals surface area contributed by atoms with E-state index in [9.17, 15) is 0 Å². The molecule has 0 amide bonds. The first-order valence-electron chi connectivity index (χ1n) is 8.75. The molecule has 2 aliphatic rings. The van der Waals surface area contributed by atoms with E-state index in [4.69, 9.17) is 0 Å². The van der Waals surface area contributed by atoms with E-state index in [2.05, 4.69) is 27.3 Å². The SMILES string of the molecule is c1ccc(CNCC2(N3CCCCC3)CCCCC2)nc1. The molecule has 1 saturated carbocycles. The van der Waals surface area contributed by atoms with Crippen LogP contribution >= 0.6 is 0 Å². The predicted molar refractivity (Wildman–Crippen MR) is 87.2 cm³/mol. The van der Waals surface area contributed by atoms with Crippen molar-refractivity contribution in [3.05, 3.63) is 30.1 Å². The van der Waals surface area contributed by atoms with Crippen LogP contribution in [0.2, 0.25) is 0 Å². The van der Waals surface area contributed by atoms with Gasteiger partial charge in [0.2, 0.25) is 0 Å². The number of nitrogens with zero attached hydrogens (tertiary/aromatic N) is 2. The Bertz CT molecular complexity index is 406. The van der Waals surface area contributed by atoms with Gasteiger partial charge in [-0.3, -0.25) is 9.88 Å². The summed E-state index contributed by atoms with van der Waals surface area (Å²) in [5.41, 5.74) is 1.58. The average molecular weight is 287 g/mol. The van der Waals surface area contributed by atoms with Crippen LogP contribution < -0.4 is 5.32 Å². The molecule has 116 valence electrons. The zero-order chi connectivity index (χ0) is 14.4. The molecule has 0 unspecified atom stereocenters. The normalized spacial score (nSPS) is 23.0. The maximum absolute atomic E-state index is 4.42. The van der Waals surface area contributed by atoms with Gasteiger partial charge in [0.1, 0.15) is 0 Å². The number of rotatable bonds is 5. The third-order valence-corrected chi connectivity index (χ3v) is 5.30. The van der Waals surface area contributed by atoms with Gasteiger partial charge in [0.25, 0.3) is 0 Å². The smallest absolute Gasteiger partial charge is 0.0541 e. The van der Waals surface area contributed by atoms with Crippen LogP contribution in [-0.4, -0.2) is 35.1 Å². The molecule has 2 fully saturated rings. The summed E-state index contributed by atoms with van der Waals surface area (Å²) in [6.45, 7) is 4.65. The van der Waals surface area contributed by atoms with E-state index in [1.54, 1.807) is 0 Å². The van der Waals surface area contributed by atoms with Crippen LogP contribution in [0.1, 0.15) is 57.1 Å². The molecule has 1 aliphatic carbocycles. The van der Waals surface area contributed by atoms with Crippen LogP contribution in [-0.2, 0) is 6.54 Å². The Morgan fingerprint density at radius 3 is 2.48 bits per heavy atom. The quantitative estimate of drug-likeness (QED) is 0.900. The van der Waals surface area contributed by atoms with Crippen LogP contribution in [0.25, 0.3) is 0 Å². The molecule has 0 radical (unpaired) electrons. The van der Waals surface area contributed by atoms with Gasteiger partial charge in [-0.15, -0.1) is 0 Å². The van der Waals surface area contributed by atoms with Crippen molar-refractivity contribution >= 4 is 0 Å². The van der Waals surface area contributed by atoms with E-state index in [0.717, 1.165) is 18.8 Å². The lowest BCUT2D eigenvalue weighted by atomic mass is 9.79. The van der Waals surface area contributed by atoms with Crippen molar-refractivity contribution in [2.24, 2.45) is 0 Å². The maximum atomic E-state index is 4.42. The molecule has 1 aliphatic heterocycles. The number of hydrogen-bond donors (Lipinski definition) is 1. The Hall–Kier alpha value is -0.930. The number of pyridine rings is 1. The standard InChI is InChI=1S/C18H29N3/c1-4-10-18(11-5-1,21-13-7-2-8-14-21)16-19-15-17-9-3-6-12-20-17/h3,6,9,12,19H,1-2,4-5,7-8,10-11,13-16H2. The number of likely N-dealkylation sites (tertiary alicyclic amines) is 1. The minimum Gasteiger partial charge on any atom is -0.309 e. The Balaban J connectivity index is 1.59. The van der Waals surface area contributed by atoms with E-state index < -0.39 is 0 Å². The molecule has 3 nitrogen and oxygen atoms in total. The second-order valence-corrected chi connectivity index (χ2v) is 6.76. The maximum Gasteiger partial charge on any atom is 0.0541 e. The summed E-state index contributed by atoms with van der Waals surface area (Å²) in [6, 6.07) is 6.17. The molecule has 1 aromatic heterocycles. The summed E-state index contributed by atoms with van der Waals surface area (Å²) in [5, 5.41) is 3.71. The highest BCUT2D eigenvalue weighted by atomic mass is 15.2.